The van der Waals surface area contributed by atoms with Gasteiger partial charge >= 0.3 is 5.97 Å². The number of hydrogen-bond acceptors (Lipinski definition) is 12. The number of esters is 1. The number of rotatable bonds is 7. The number of pyridine rings is 1. The molecule has 7 rings (SSSR count). The number of ether oxygens (including phenoxy) is 4. The van der Waals surface area contributed by atoms with Crippen LogP contribution in [0.15, 0.2) is 59.9 Å². The molecule has 12 nitrogen and oxygen atoms in total. The van der Waals surface area contributed by atoms with Crippen molar-refractivity contribution in [1.82, 2.24) is 10.3 Å². The molecular weight excluding hydrogens is 729 g/mol. The van der Waals surface area contributed by atoms with Gasteiger partial charge in [0.05, 0.1) is 24.4 Å². The Hall–Kier alpha value is -4.01. The number of nitrogens with one attached hydrogen (secondary N) is 1. The fourth-order valence-electron chi connectivity index (χ4n) is 8.64. The second-order valence-electron chi connectivity index (χ2n) is 15.0. The number of guanidine groups is 1. The maximum atomic E-state index is 12.5. The van der Waals surface area contributed by atoms with Gasteiger partial charge in [0.25, 0.3) is 0 Å². The Bertz CT molecular complexity index is 1820. The molecule has 1 saturated heterocycles. The Morgan fingerprint density at radius 2 is 2.00 bits per heavy atom. The summed E-state index contributed by atoms with van der Waals surface area (Å²) >= 11 is 0. The number of fused-ring (bicyclic) bond motifs is 7. The quantitative estimate of drug-likeness (QED) is 0.0602. The molecule has 14 heteroatoms. The average Bonchev–Trinajstić information content (AvgIpc) is 3.15. The number of aromatic hydroxyl groups is 3. The molecule has 4 aliphatic rings. The van der Waals surface area contributed by atoms with Crippen LogP contribution in [0.1, 0.15) is 74.7 Å². The lowest BCUT2D eigenvalue weighted by molar-refractivity contribution is -0.191. The lowest BCUT2D eigenvalue weighted by Crippen LogP contribution is -2.57. The molecule has 8 atom stereocenters. The Morgan fingerprint density at radius 3 is 2.80 bits per heavy atom. The van der Waals surface area contributed by atoms with E-state index < -0.39 is 12.2 Å². The van der Waals surface area contributed by atoms with Gasteiger partial charge in [-0.3, -0.25) is 14.8 Å². The minimum absolute atomic E-state index is 0.00623. The molecule has 3 heterocycles. The number of aromatic nitrogens is 1. The highest BCUT2D eigenvalue weighted by Crippen LogP contribution is 2.52. The van der Waals surface area contributed by atoms with Crippen LogP contribution in [-0.4, -0.2) is 80.7 Å². The molecule has 3 fully saturated rings. The van der Waals surface area contributed by atoms with Crippen LogP contribution in [0.25, 0.3) is 0 Å². The summed E-state index contributed by atoms with van der Waals surface area (Å²) in [7, 11) is 5.39. The fourth-order valence-corrected chi connectivity index (χ4v) is 12.2. The van der Waals surface area contributed by atoms with Crippen LogP contribution in [0.3, 0.4) is 0 Å². The summed E-state index contributed by atoms with van der Waals surface area (Å²) in [5.74, 6) is 0.845. The van der Waals surface area contributed by atoms with E-state index in [2.05, 4.69) is 15.3 Å². The molecule has 0 amide bonds. The zero-order valence-electron chi connectivity index (χ0n) is 30.7. The van der Waals surface area contributed by atoms with Gasteiger partial charge in [0.2, 0.25) is 5.75 Å². The van der Waals surface area contributed by atoms with E-state index in [1.54, 1.807) is 31.6 Å². The van der Waals surface area contributed by atoms with E-state index in [9.17, 15) is 20.1 Å². The van der Waals surface area contributed by atoms with Crippen molar-refractivity contribution in [1.29, 1.82) is 0 Å². The first-order valence-corrected chi connectivity index (χ1v) is 21.2. The Kier molecular flexibility index (Phi) is 11.9. The zero-order valence-corrected chi connectivity index (χ0v) is 32.3. The minimum Gasteiger partial charge on any atom is -0.504 e. The first kappa shape index (κ1) is 38.3. The van der Waals surface area contributed by atoms with Crippen LogP contribution in [0.5, 0.6) is 28.7 Å². The topological polar surface area (TPSA) is 178 Å². The largest absolute Gasteiger partial charge is 0.504 e. The molecule has 2 aliphatic heterocycles. The van der Waals surface area contributed by atoms with Crippen molar-refractivity contribution in [2.75, 3.05) is 19.4 Å². The molecule has 0 spiro atoms. The Balaban J connectivity index is 1.19. The van der Waals surface area contributed by atoms with Crippen LogP contribution in [0.4, 0.5) is 0 Å². The normalized spacial score (nSPS) is 29.8. The van der Waals surface area contributed by atoms with Crippen LogP contribution in [-0.2, 0) is 27.1 Å². The van der Waals surface area contributed by atoms with Gasteiger partial charge in [0.1, 0.15) is 12.2 Å². The highest BCUT2D eigenvalue weighted by molar-refractivity contribution is 8.77. The van der Waals surface area contributed by atoms with Crippen LogP contribution >= 0.6 is 21.6 Å². The molecular formula is C40H50N4O8S2. The van der Waals surface area contributed by atoms with E-state index >= 15 is 0 Å². The van der Waals surface area contributed by atoms with E-state index in [1.807, 2.05) is 45.9 Å². The van der Waals surface area contributed by atoms with Gasteiger partial charge in [-0.05, 0) is 85.5 Å². The van der Waals surface area contributed by atoms with Gasteiger partial charge in [-0.15, -0.1) is 0 Å². The first-order chi connectivity index (χ1) is 26.1. The summed E-state index contributed by atoms with van der Waals surface area (Å²) in [6.07, 6.45) is 8.92. The van der Waals surface area contributed by atoms with Crippen LogP contribution in [0, 0.1) is 11.8 Å². The molecule has 1 aromatic heterocycles. The number of hydrogen-bond donors (Lipinski definition) is 5. The number of phenols is 3. The van der Waals surface area contributed by atoms with E-state index in [0.29, 0.717) is 36.5 Å². The van der Waals surface area contributed by atoms with Crippen LogP contribution in [0.2, 0.25) is 0 Å². The Morgan fingerprint density at radius 1 is 1.13 bits per heavy atom. The molecule has 0 radical (unpaired) electrons. The van der Waals surface area contributed by atoms with Crippen molar-refractivity contribution in [2.24, 2.45) is 22.6 Å². The van der Waals surface area contributed by atoms with E-state index in [0.717, 1.165) is 55.4 Å². The minimum atomic E-state index is -0.550. The van der Waals surface area contributed by atoms with Crippen molar-refractivity contribution >= 4 is 33.5 Å². The molecule has 3 aromatic rings. The van der Waals surface area contributed by atoms with Crippen molar-refractivity contribution < 1.29 is 39.1 Å². The summed E-state index contributed by atoms with van der Waals surface area (Å²) in [6.45, 7) is 1.70. The summed E-state index contributed by atoms with van der Waals surface area (Å²) in [5.41, 5.74) is 8.57. The third-order valence-corrected chi connectivity index (χ3v) is 14.4. The summed E-state index contributed by atoms with van der Waals surface area (Å²) in [5, 5.41) is 36.3. The number of carbonyl (C=O) groups is 1. The first-order valence-electron chi connectivity index (χ1n) is 18.8. The van der Waals surface area contributed by atoms with Gasteiger partial charge in [0, 0.05) is 68.5 Å². The lowest BCUT2D eigenvalue weighted by Gasteiger charge is -2.50. The van der Waals surface area contributed by atoms with Gasteiger partial charge < -0.3 is 45.3 Å². The molecule has 0 unspecified atom stereocenters. The highest BCUT2D eigenvalue weighted by atomic mass is 33.1. The predicted molar refractivity (Wildman–Crippen MR) is 209 cm³/mol. The molecule has 4 bridgehead atoms. The smallest absolute Gasteiger partial charge is 0.302 e. The van der Waals surface area contributed by atoms with Crippen molar-refractivity contribution in [3.8, 4) is 28.7 Å². The number of aliphatic imine (C=N–C) groups is 1. The molecule has 54 heavy (non-hydrogen) atoms. The number of nitrogens with two attached hydrogens (primary N) is 1. The SMILES string of the molecule is CN=C(N)N[C@]12CCC[C@@H](C1)Oc1cc(ccc1O)C[C@H]1[C@H]3O[C@H](c4cc(O)c(O)c(OCCc5cccnc5)c4)C[C@@H](OC(C)=O)[C@@H]3CC[C@@H]1SSC2. The van der Waals surface area contributed by atoms with Gasteiger partial charge in [-0.2, -0.15) is 0 Å². The van der Waals surface area contributed by atoms with Crippen molar-refractivity contribution in [2.45, 2.75) is 99.9 Å². The molecule has 2 saturated carbocycles. The highest BCUT2D eigenvalue weighted by Gasteiger charge is 2.50. The van der Waals surface area contributed by atoms with Crippen molar-refractivity contribution in [3.63, 3.8) is 0 Å². The van der Waals surface area contributed by atoms with E-state index in [4.69, 9.17) is 24.7 Å². The molecule has 6 N–H and O–H groups in total. The number of benzene rings is 2. The third kappa shape index (κ3) is 8.76. The molecule has 2 aromatic carbocycles. The zero-order chi connectivity index (χ0) is 37.8. The second-order valence-corrected chi connectivity index (χ2v) is 17.6. The third-order valence-electron chi connectivity index (χ3n) is 11.2. The predicted octanol–water partition coefficient (Wildman–Crippen LogP) is 6.21. The summed E-state index contributed by atoms with van der Waals surface area (Å²) in [6, 6.07) is 12.6. The number of phenolic OH excluding ortho intramolecular Hbond substituents is 3. The lowest BCUT2D eigenvalue weighted by atomic mass is 9.70. The van der Waals surface area contributed by atoms with Crippen molar-refractivity contribution in [3.05, 3.63) is 71.5 Å². The van der Waals surface area contributed by atoms with E-state index in [-0.39, 0.29) is 70.4 Å². The Labute approximate surface area is 324 Å². The molecule has 2 aliphatic carbocycles. The summed E-state index contributed by atoms with van der Waals surface area (Å²) in [4.78, 5) is 20.9. The van der Waals surface area contributed by atoms with Crippen LogP contribution < -0.4 is 20.5 Å². The number of carbonyl (C=O) groups excluding carboxylic acids is 1. The number of nitrogens with zero attached hydrogens (tertiary/aromatic N) is 2. The summed E-state index contributed by atoms with van der Waals surface area (Å²) < 4.78 is 25.7. The maximum Gasteiger partial charge on any atom is 0.302 e. The van der Waals surface area contributed by atoms with Gasteiger partial charge in [0.15, 0.2) is 29.0 Å². The second kappa shape index (κ2) is 16.8. The maximum absolute atomic E-state index is 12.5. The average molecular weight is 779 g/mol. The fraction of sp³-hybridized carbons (Fsp3) is 0.525. The molecule has 290 valence electrons. The monoisotopic (exact) mass is 778 g/mol. The van der Waals surface area contributed by atoms with Gasteiger partial charge in [-0.1, -0.05) is 33.7 Å². The standard InChI is InChI=1S/C40H50N4O8S2/c1-23(45)50-33-19-32(26-17-31(47)37(48)35(18-26)49-14-11-24-5-4-13-43-21-24)52-38-28(33)8-10-36-29(38)15-25-7-9-30(46)34(16-25)51-27-6-3-12-40(20-27,22-53-54-36)44-39(41)42-2/h4-5,7,9,13,16-18,21,27-29,32-33,36,38,46-48H,3,6,8,10-12,14-15,19-20,22H2,1-2H3,(H3,41,42,44)/t27-,28-,29+,32-,33+,36-,38-,40+/m0/s1. The van der Waals surface area contributed by atoms with Gasteiger partial charge in [-0.25, -0.2) is 0 Å². The van der Waals surface area contributed by atoms with E-state index in [1.165, 1.54) is 13.0 Å².